The van der Waals surface area contributed by atoms with E-state index in [1.165, 1.54) is 4.90 Å². The lowest BCUT2D eigenvalue weighted by Gasteiger charge is -2.39. The molecule has 1 atom stereocenters. The van der Waals surface area contributed by atoms with Crippen LogP contribution in [0.5, 0.6) is 5.75 Å². The van der Waals surface area contributed by atoms with Gasteiger partial charge in [0.25, 0.3) is 11.8 Å². The van der Waals surface area contributed by atoms with E-state index in [4.69, 9.17) is 9.84 Å². The van der Waals surface area contributed by atoms with Crippen molar-refractivity contribution in [2.45, 2.75) is 51.5 Å². The van der Waals surface area contributed by atoms with Crippen LogP contribution in [0.4, 0.5) is 15.3 Å². The smallest absolute Gasteiger partial charge is 0.404 e. The summed E-state index contributed by atoms with van der Waals surface area (Å²) in [6.45, 7) is 2.71. The molecule has 3 aromatic carbocycles. The first-order valence-corrected chi connectivity index (χ1v) is 13.7. The first-order chi connectivity index (χ1) is 20.6. The Balaban J connectivity index is 1.09. The highest BCUT2D eigenvalue weighted by molar-refractivity contribution is 6.07. The normalized spacial score (nSPS) is 17.6. The lowest BCUT2D eigenvalue weighted by atomic mass is 9.89. The molecule has 0 spiro atoms. The second-order valence-electron chi connectivity index (χ2n) is 10.6. The van der Waals surface area contributed by atoms with Gasteiger partial charge in [-0.1, -0.05) is 36.4 Å². The maximum Gasteiger partial charge on any atom is 0.404 e. The average molecular weight is 586 g/mol. The number of ether oxygens (including phenoxy) is 1. The molecule has 1 unspecified atom stereocenters. The number of benzene rings is 3. The largest absolute Gasteiger partial charge is 0.489 e. The number of imide groups is 1. The summed E-state index contributed by atoms with van der Waals surface area (Å²) in [7, 11) is 0. The number of anilines is 1. The third-order valence-corrected chi connectivity index (χ3v) is 7.59. The number of nitrogens with zero attached hydrogens (tertiary/aromatic N) is 1. The van der Waals surface area contributed by atoms with Crippen LogP contribution >= 0.6 is 0 Å². The Morgan fingerprint density at radius 2 is 1.60 bits per heavy atom. The molecule has 2 heterocycles. The topological polar surface area (TPSA) is 166 Å². The third-order valence-electron chi connectivity index (χ3n) is 7.59. The Hall–Kier alpha value is -5.39. The molecule has 0 aliphatic carbocycles. The van der Waals surface area contributed by atoms with E-state index in [2.05, 4.69) is 21.3 Å². The summed E-state index contributed by atoms with van der Waals surface area (Å²) in [5.74, 6) is -0.441. The number of carboxylic acid groups (broad SMARTS) is 1. The van der Waals surface area contributed by atoms with Gasteiger partial charge in [0.05, 0.1) is 0 Å². The Morgan fingerprint density at radius 1 is 0.930 bits per heavy atom. The van der Waals surface area contributed by atoms with E-state index < -0.39 is 23.6 Å². The van der Waals surface area contributed by atoms with Crippen molar-refractivity contribution in [3.05, 3.63) is 94.5 Å². The van der Waals surface area contributed by atoms with Gasteiger partial charge in [0, 0.05) is 37.3 Å². The zero-order chi connectivity index (χ0) is 30.6. The summed E-state index contributed by atoms with van der Waals surface area (Å²) in [5.41, 5.74) is 3.31. The van der Waals surface area contributed by atoms with E-state index in [0.29, 0.717) is 23.6 Å². The van der Waals surface area contributed by atoms with Gasteiger partial charge in [0.2, 0.25) is 5.91 Å². The molecule has 1 fully saturated rings. The molecule has 2 aliphatic heterocycles. The van der Waals surface area contributed by atoms with Crippen molar-refractivity contribution >= 4 is 35.5 Å². The molecule has 12 heteroatoms. The number of rotatable bonds is 9. The molecule has 43 heavy (non-hydrogen) atoms. The number of nitrogens with one attached hydrogen (secondary N) is 4. The van der Waals surface area contributed by atoms with Crippen molar-refractivity contribution in [2.24, 2.45) is 0 Å². The number of hydrogen-bond donors (Lipinski definition) is 5. The number of amides is 6. The summed E-state index contributed by atoms with van der Waals surface area (Å²) < 4.78 is 5.80. The van der Waals surface area contributed by atoms with Crippen molar-refractivity contribution in [1.82, 2.24) is 20.9 Å². The fourth-order valence-corrected chi connectivity index (χ4v) is 5.02. The van der Waals surface area contributed by atoms with Crippen LogP contribution in [0.2, 0.25) is 0 Å². The van der Waals surface area contributed by atoms with Gasteiger partial charge in [-0.05, 0) is 65.9 Å². The zero-order valence-electron chi connectivity index (χ0n) is 23.4. The molecule has 0 bridgehead atoms. The number of urea groups is 1. The second kappa shape index (κ2) is 12.2. The van der Waals surface area contributed by atoms with Gasteiger partial charge in [-0.2, -0.15) is 0 Å². The standard InChI is InChI=1S/C31H31N5O7/c1-31(13-12-26(37)35-28(31)39)36-17-22-14-21(6-11-25(22)27(36)38)16-32-29(40)34-23-7-9-24(10-8-23)43-18-20-4-2-19(3-5-20)15-33-30(41)42/h2-11,14,33H,12-13,15-18H2,1H3,(H,41,42)(H2,32,34,40)(H,35,37,39). The van der Waals surface area contributed by atoms with Gasteiger partial charge >= 0.3 is 12.1 Å². The Labute approximate surface area is 247 Å². The van der Waals surface area contributed by atoms with E-state index in [1.807, 2.05) is 30.3 Å². The summed E-state index contributed by atoms with van der Waals surface area (Å²) >= 11 is 0. The fourth-order valence-electron chi connectivity index (χ4n) is 5.02. The van der Waals surface area contributed by atoms with Crippen molar-refractivity contribution in [1.29, 1.82) is 0 Å². The number of carbonyl (C=O) groups is 5. The van der Waals surface area contributed by atoms with Crippen LogP contribution in [0.25, 0.3) is 0 Å². The molecule has 2 aliphatic rings. The van der Waals surface area contributed by atoms with Crippen LogP contribution < -0.4 is 26.0 Å². The molecule has 5 rings (SSSR count). The van der Waals surface area contributed by atoms with Gasteiger partial charge < -0.3 is 30.7 Å². The van der Waals surface area contributed by atoms with Gasteiger partial charge in [-0.3, -0.25) is 19.7 Å². The Kier molecular flexibility index (Phi) is 8.28. The van der Waals surface area contributed by atoms with E-state index in [1.54, 1.807) is 43.3 Å². The van der Waals surface area contributed by atoms with E-state index >= 15 is 0 Å². The van der Waals surface area contributed by atoms with E-state index in [9.17, 15) is 24.0 Å². The van der Waals surface area contributed by atoms with Crippen molar-refractivity contribution in [3.63, 3.8) is 0 Å². The molecule has 3 aromatic rings. The van der Waals surface area contributed by atoms with Crippen molar-refractivity contribution in [3.8, 4) is 5.75 Å². The predicted molar refractivity (Wildman–Crippen MR) is 155 cm³/mol. The number of piperidine rings is 1. The second-order valence-corrected chi connectivity index (χ2v) is 10.6. The van der Waals surface area contributed by atoms with Crippen LogP contribution in [0.1, 0.15) is 52.4 Å². The van der Waals surface area contributed by atoms with Crippen LogP contribution in [0, 0.1) is 0 Å². The molecule has 5 N–H and O–H groups in total. The van der Waals surface area contributed by atoms with E-state index in [0.717, 1.165) is 22.3 Å². The van der Waals surface area contributed by atoms with Crippen LogP contribution in [-0.2, 0) is 35.8 Å². The molecule has 6 amide bonds. The van der Waals surface area contributed by atoms with Gasteiger partial charge in [0.15, 0.2) is 0 Å². The molecule has 0 radical (unpaired) electrons. The number of fused-ring (bicyclic) bond motifs is 1. The minimum Gasteiger partial charge on any atom is -0.489 e. The highest BCUT2D eigenvalue weighted by Crippen LogP contribution is 2.34. The first-order valence-electron chi connectivity index (χ1n) is 13.7. The summed E-state index contributed by atoms with van der Waals surface area (Å²) in [6, 6.07) is 19.2. The SMILES string of the molecule is CC1(N2Cc3cc(CNC(=O)Nc4ccc(OCc5ccc(CNC(=O)O)cc5)cc4)ccc3C2=O)CCC(=O)NC1=O. The highest BCUT2D eigenvalue weighted by Gasteiger charge is 2.48. The van der Waals surface area contributed by atoms with Crippen LogP contribution in [0.15, 0.2) is 66.7 Å². The van der Waals surface area contributed by atoms with Gasteiger partial charge in [-0.15, -0.1) is 0 Å². The molecule has 0 aromatic heterocycles. The first kappa shape index (κ1) is 29.1. The quantitative estimate of drug-likeness (QED) is 0.240. The number of hydrogen-bond acceptors (Lipinski definition) is 6. The number of carbonyl (C=O) groups excluding carboxylic acids is 4. The maximum atomic E-state index is 13.1. The summed E-state index contributed by atoms with van der Waals surface area (Å²) in [6.07, 6.45) is -0.632. The van der Waals surface area contributed by atoms with Crippen molar-refractivity contribution in [2.75, 3.05) is 5.32 Å². The minimum atomic E-state index is -1.10. The minimum absolute atomic E-state index is 0.174. The lowest BCUT2D eigenvalue weighted by Crippen LogP contribution is -2.61. The molecular formula is C31H31N5O7. The lowest BCUT2D eigenvalue weighted by molar-refractivity contribution is -0.142. The predicted octanol–water partition coefficient (Wildman–Crippen LogP) is 3.51. The third kappa shape index (κ3) is 6.75. The highest BCUT2D eigenvalue weighted by atomic mass is 16.5. The van der Waals surface area contributed by atoms with Crippen molar-refractivity contribution < 1.29 is 33.8 Å². The fraction of sp³-hybridized carbons (Fsp3) is 0.258. The monoisotopic (exact) mass is 585 g/mol. The van der Waals surface area contributed by atoms with Gasteiger partial charge in [0.1, 0.15) is 17.9 Å². The Morgan fingerprint density at radius 3 is 2.30 bits per heavy atom. The average Bonchev–Trinajstić information content (AvgIpc) is 3.33. The molecule has 0 saturated carbocycles. The van der Waals surface area contributed by atoms with Crippen LogP contribution in [0.3, 0.4) is 0 Å². The van der Waals surface area contributed by atoms with Crippen LogP contribution in [-0.4, -0.2) is 45.4 Å². The molecular weight excluding hydrogens is 554 g/mol. The summed E-state index contributed by atoms with van der Waals surface area (Å²) in [5, 5.41) is 18.9. The molecule has 1 saturated heterocycles. The maximum absolute atomic E-state index is 13.1. The van der Waals surface area contributed by atoms with E-state index in [-0.39, 0.29) is 44.3 Å². The molecule has 222 valence electrons. The zero-order valence-corrected chi connectivity index (χ0v) is 23.4. The summed E-state index contributed by atoms with van der Waals surface area (Å²) in [4.78, 5) is 61.8. The molecule has 12 nitrogen and oxygen atoms in total. The Bertz CT molecular complexity index is 1570. The van der Waals surface area contributed by atoms with Gasteiger partial charge in [-0.25, -0.2) is 9.59 Å².